The third kappa shape index (κ3) is 4.05. The van der Waals surface area contributed by atoms with Crippen molar-refractivity contribution in [1.29, 1.82) is 0 Å². The summed E-state index contributed by atoms with van der Waals surface area (Å²) in [5.41, 5.74) is 0.142. The van der Waals surface area contributed by atoms with Crippen LogP contribution in [0, 0.1) is 0 Å². The van der Waals surface area contributed by atoms with E-state index in [0.29, 0.717) is 0 Å². The van der Waals surface area contributed by atoms with Crippen LogP contribution in [0.2, 0.25) is 0 Å². The molecule has 12 nitrogen and oxygen atoms in total. The highest BCUT2D eigenvalue weighted by atomic mass is 16.7. The van der Waals surface area contributed by atoms with Crippen molar-refractivity contribution in [1.82, 2.24) is 0 Å². The van der Waals surface area contributed by atoms with Crippen LogP contribution in [0.15, 0.2) is 30.0 Å². The lowest BCUT2D eigenvalue weighted by atomic mass is 9.98. The largest absolute Gasteiger partial charge is 0.508 e. The average molecular weight is 466 g/mol. The number of aliphatic hydroxyl groups is 4. The van der Waals surface area contributed by atoms with Crippen molar-refractivity contribution >= 4 is 6.08 Å². The van der Waals surface area contributed by atoms with Gasteiger partial charge in [-0.1, -0.05) is 0 Å². The Morgan fingerprint density at radius 3 is 2.12 bits per heavy atom. The molecule has 0 aliphatic carbocycles. The summed E-state index contributed by atoms with van der Waals surface area (Å²) in [4.78, 5) is 0. The van der Waals surface area contributed by atoms with Crippen molar-refractivity contribution < 1.29 is 60.2 Å². The lowest BCUT2D eigenvalue weighted by Crippen LogP contribution is -2.59. The van der Waals surface area contributed by atoms with E-state index in [-0.39, 0.29) is 34.1 Å². The second kappa shape index (κ2) is 8.50. The number of phenols is 5. The summed E-state index contributed by atoms with van der Waals surface area (Å²) in [6.07, 6.45) is -7.92. The van der Waals surface area contributed by atoms with Gasteiger partial charge in [-0.15, -0.1) is 0 Å². The number of ether oxygens (including phenoxy) is 3. The molecule has 1 saturated heterocycles. The van der Waals surface area contributed by atoms with Crippen LogP contribution in [0.4, 0.5) is 0 Å². The van der Waals surface area contributed by atoms with Crippen LogP contribution >= 0.6 is 0 Å². The number of aliphatic hydroxyl groups excluding tert-OH is 4. The number of aromatic hydroxyl groups is 5. The van der Waals surface area contributed by atoms with Gasteiger partial charge in [0, 0.05) is 17.7 Å². The summed E-state index contributed by atoms with van der Waals surface area (Å²) in [5, 5.41) is 89.2. The number of rotatable bonds is 4. The Morgan fingerprint density at radius 1 is 0.818 bits per heavy atom. The SMILES string of the molecule is OC[C@H]1O[C@@H](OC2=Cc3c(O)cc(O)cc3OC2c2cc(O)c(O)c(O)c2)[C@H](O)[C@H](O)[C@H]1O. The summed E-state index contributed by atoms with van der Waals surface area (Å²) in [6, 6.07) is 4.38. The van der Waals surface area contributed by atoms with Crippen molar-refractivity contribution in [3.05, 3.63) is 41.2 Å². The summed E-state index contributed by atoms with van der Waals surface area (Å²) < 4.78 is 16.9. The molecule has 33 heavy (non-hydrogen) atoms. The van der Waals surface area contributed by atoms with E-state index in [1.165, 1.54) is 12.1 Å². The molecule has 4 rings (SSSR count). The van der Waals surface area contributed by atoms with Gasteiger partial charge in [-0.25, -0.2) is 0 Å². The van der Waals surface area contributed by atoms with Crippen molar-refractivity contribution in [2.24, 2.45) is 0 Å². The van der Waals surface area contributed by atoms with Crippen LogP contribution in [0.5, 0.6) is 34.5 Å². The fourth-order valence-corrected chi connectivity index (χ4v) is 3.65. The van der Waals surface area contributed by atoms with Gasteiger partial charge in [-0.2, -0.15) is 0 Å². The van der Waals surface area contributed by atoms with Crippen LogP contribution in [0.3, 0.4) is 0 Å². The molecule has 0 radical (unpaired) electrons. The standard InChI is InChI=1S/C21H22O12/c22-6-15-17(28)18(29)19(30)21(33-15)32-14-5-9-10(24)3-8(23)4-13(9)31-20(14)7-1-11(25)16(27)12(26)2-7/h1-5,15,17-30H,6H2/t15-,17+,18-,19-,20?,21-/m1/s1. The Labute approximate surface area is 186 Å². The van der Waals surface area contributed by atoms with Crippen molar-refractivity contribution in [3.63, 3.8) is 0 Å². The zero-order valence-electron chi connectivity index (χ0n) is 16.8. The maximum Gasteiger partial charge on any atom is 0.228 e. The predicted octanol–water partition coefficient (Wildman–Crippen LogP) is -0.494. The van der Waals surface area contributed by atoms with Crippen molar-refractivity contribution in [2.45, 2.75) is 36.8 Å². The molecule has 0 saturated carbocycles. The molecule has 0 amide bonds. The summed E-state index contributed by atoms with van der Waals surface area (Å²) >= 11 is 0. The Hall–Kier alpha value is -3.42. The minimum atomic E-state index is -1.75. The van der Waals surface area contributed by atoms with Gasteiger partial charge in [0.2, 0.25) is 6.29 Å². The highest BCUT2D eigenvalue weighted by Crippen LogP contribution is 2.46. The molecule has 2 aliphatic heterocycles. The van der Waals surface area contributed by atoms with E-state index < -0.39 is 60.7 Å². The van der Waals surface area contributed by atoms with E-state index in [1.807, 2.05) is 0 Å². The van der Waals surface area contributed by atoms with Gasteiger partial charge in [0.05, 0.1) is 12.2 Å². The lowest BCUT2D eigenvalue weighted by molar-refractivity contribution is -0.293. The number of benzene rings is 2. The Bertz CT molecular complexity index is 1060. The summed E-state index contributed by atoms with van der Waals surface area (Å²) in [7, 11) is 0. The third-order valence-electron chi connectivity index (χ3n) is 5.39. The molecule has 1 unspecified atom stereocenters. The minimum Gasteiger partial charge on any atom is -0.508 e. The van der Waals surface area contributed by atoms with Gasteiger partial charge >= 0.3 is 0 Å². The molecule has 0 bridgehead atoms. The second-order valence-electron chi connectivity index (χ2n) is 7.64. The molecule has 2 aromatic rings. The normalized spacial score (nSPS) is 29.0. The van der Waals surface area contributed by atoms with E-state index in [1.54, 1.807) is 0 Å². The average Bonchev–Trinajstić information content (AvgIpc) is 2.77. The number of hydrogen-bond acceptors (Lipinski definition) is 12. The monoisotopic (exact) mass is 466 g/mol. The van der Waals surface area contributed by atoms with Crippen molar-refractivity contribution in [2.75, 3.05) is 6.61 Å². The van der Waals surface area contributed by atoms with Crippen molar-refractivity contribution in [3.8, 4) is 34.5 Å². The fraction of sp³-hybridized carbons (Fsp3) is 0.333. The third-order valence-corrected chi connectivity index (χ3v) is 5.39. The molecular weight excluding hydrogens is 444 g/mol. The highest BCUT2D eigenvalue weighted by molar-refractivity contribution is 5.70. The molecule has 178 valence electrons. The van der Waals surface area contributed by atoms with Gasteiger partial charge in [0.15, 0.2) is 23.4 Å². The van der Waals surface area contributed by atoms with Gasteiger partial charge in [0.1, 0.15) is 47.4 Å². The first kappa shape index (κ1) is 22.8. The van der Waals surface area contributed by atoms with Gasteiger partial charge in [0.25, 0.3) is 0 Å². The van der Waals surface area contributed by atoms with E-state index in [9.17, 15) is 46.0 Å². The van der Waals surface area contributed by atoms with Crippen LogP contribution in [-0.2, 0) is 9.47 Å². The second-order valence-corrected chi connectivity index (χ2v) is 7.64. The summed E-state index contributed by atoms with van der Waals surface area (Å²) in [5.74, 6) is -2.95. The highest BCUT2D eigenvalue weighted by Gasteiger charge is 2.46. The van der Waals surface area contributed by atoms with Crippen LogP contribution in [-0.4, -0.2) is 83.3 Å². The molecule has 2 aromatic carbocycles. The zero-order valence-corrected chi connectivity index (χ0v) is 16.8. The molecule has 2 heterocycles. The number of phenolic OH excluding ortho intramolecular Hbond substituents is 5. The molecule has 12 heteroatoms. The summed E-state index contributed by atoms with van der Waals surface area (Å²) in [6.45, 7) is -0.688. The minimum absolute atomic E-state index is 0.00528. The Morgan fingerprint density at radius 2 is 1.48 bits per heavy atom. The smallest absolute Gasteiger partial charge is 0.228 e. The van der Waals surface area contributed by atoms with Gasteiger partial charge < -0.3 is 60.2 Å². The first-order valence-electron chi connectivity index (χ1n) is 9.77. The van der Waals surface area contributed by atoms with E-state index in [0.717, 1.165) is 18.2 Å². The van der Waals surface area contributed by atoms with Crippen LogP contribution in [0.1, 0.15) is 17.2 Å². The maximum atomic E-state index is 10.3. The molecule has 0 spiro atoms. The molecule has 2 aliphatic rings. The molecule has 9 N–H and O–H groups in total. The van der Waals surface area contributed by atoms with E-state index in [4.69, 9.17) is 14.2 Å². The topological polar surface area (TPSA) is 210 Å². The Kier molecular flexibility index (Phi) is 5.86. The molecular formula is C21H22O12. The maximum absolute atomic E-state index is 10.3. The zero-order chi connectivity index (χ0) is 24.0. The Balaban J connectivity index is 1.76. The van der Waals surface area contributed by atoms with Gasteiger partial charge in [-0.3, -0.25) is 0 Å². The fourth-order valence-electron chi connectivity index (χ4n) is 3.65. The lowest BCUT2D eigenvalue weighted by Gasteiger charge is -2.41. The first-order chi connectivity index (χ1) is 15.6. The molecule has 6 atom stereocenters. The molecule has 1 fully saturated rings. The van der Waals surface area contributed by atoms with E-state index >= 15 is 0 Å². The molecule has 0 aromatic heterocycles. The number of fused-ring (bicyclic) bond motifs is 1. The van der Waals surface area contributed by atoms with E-state index in [2.05, 4.69) is 0 Å². The number of hydrogen-bond donors (Lipinski definition) is 9. The first-order valence-corrected chi connectivity index (χ1v) is 9.77. The van der Waals surface area contributed by atoms with Crippen LogP contribution in [0.25, 0.3) is 6.08 Å². The quantitative estimate of drug-likeness (QED) is 0.261. The van der Waals surface area contributed by atoms with Gasteiger partial charge in [-0.05, 0) is 18.2 Å². The predicted molar refractivity (Wildman–Crippen MR) is 107 cm³/mol. The van der Waals surface area contributed by atoms with Crippen LogP contribution < -0.4 is 4.74 Å².